The fourth-order valence-electron chi connectivity index (χ4n) is 2.59. The number of hydrogen-bond donors (Lipinski definition) is 2. The maximum absolute atomic E-state index is 11.7. The molecule has 0 fully saturated rings. The summed E-state index contributed by atoms with van der Waals surface area (Å²) in [6.07, 6.45) is 6.32. The molecule has 0 heterocycles. The highest BCUT2D eigenvalue weighted by molar-refractivity contribution is 7.86. The fraction of sp³-hybridized carbons (Fsp3) is 0.368. The Morgan fingerprint density at radius 3 is 2.36 bits per heavy atom. The number of unbranched alkanes of at least 4 members (excludes halogenated alkanes) is 4. The van der Waals surface area contributed by atoms with Gasteiger partial charge in [0.2, 0.25) is 0 Å². The number of benzene rings is 2. The highest BCUT2D eigenvalue weighted by Gasteiger charge is 2.19. The molecule has 0 aliphatic rings. The Morgan fingerprint density at radius 1 is 0.960 bits per heavy atom. The Morgan fingerprint density at radius 2 is 1.68 bits per heavy atom. The van der Waals surface area contributed by atoms with E-state index in [0.29, 0.717) is 0 Å². The number of phenolic OH excluding ortho intramolecular Hbond substituents is 1. The van der Waals surface area contributed by atoms with Crippen molar-refractivity contribution in [2.75, 3.05) is 0 Å². The van der Waals surface area contributed by atoms with Crippen molar-refractivity contribution in [1.29, 1.82) is 0 Å². The lowest BCUT2D eigenvalue weighted by Crippen LogP contribution is -2.02. The van der Waals surface area contributed by atoms with Crippen LogP contribution in [0.25, 0.3) is 0 Å². The van der Waals surface area contributed by atoms with Gasteiger partial charge in [-0.25, -0.2) is 0 Å². The largest absolute Gasteiger partial charge is 0.504 e. The van der Waals surface area contributed by atoms with Crippen LogP contribution in [-0.2, 0) is 16.5 Å². The third-order valence-corrected chi connectivity index (χ3v) is 4.82. The van der Waals surface area contributed by atoms with E-state index in [0.717, 1.165) is 31.2 Å². The van der Waals surface area contributed by atoms with Crippen molar-refractivity contribution in [2.45, 2.75) is 50.3 Å². The second-order valence-corrected chi connectivity index (χ2v) is 7.38. The van der Waals surface area contributed by atoms with Crippen molar-refractivity contribution in [3.8, 4) is 17.2 Å². The number of hydrogen-bond acceptors (Lipinski definition) is 4. The predicted octanol–water partition coefficient (Wildman–Crippen LogP) is 4.94. The summed E-state index contributed by atoms with van der Waals surface area (Å²) in [5, 5.41) is 9.77. The summed E-state index contributed by atoms with van der Waals surface area (Å²) in [4.78, 5) is -0.290. The van der Waals surface area contributed by atoms with Crippen LogP contribution in [0.1, 0.15) is 44.6 Å². The molecule has 5 nitrogen and oxygen atoms in total. The number of aromatic hydroxyl groups is 1. The molecule has 0 bridgehead atoms. The van der Waals surface area contributed by atoms with Crippen LogP contribution in [0.4, 0.5) is 0 Å². The number of phenols is 1. The minimum absolute atomic E-state index is 0.0151. The summed E-state index contributed by atoms with van der Waals surface area (Å²) >= 11 is 0. The Bertz CT molecular complexity index is 799. The van der Waals surface area contributed by atoms with E-state index in [4.69, 9.17) is 4.74 Å². The zero-order valence-corrected chi connectivity index (χ0v) is 15.1. The summed E-state index contributed by atoms with van der Waals surface area (Å²) in [6.45, 7) is 2.15. The quantitative estimate of drug-likeness (QED) is 0.486. The molecule has 0 spiro atoms. The van der Waals surface area contributed by atoms with E-state index in [1.807, 2.05) is 0 Å². The molecular formula is C19H24O5S. The fourth-order valence-corrected chi connectivity index (χ4v) is 3.25. The Kier molecular flexibility index (Phi) is 6.84. The number of aryl methyl sites for hydroxylation is 1. The van der Waals surface area contributed by atoms with E-state index in [-0.39, 0.29) is 22.1 Å². The van der Waals surface area contributed by atoms with Gasteiger partial charge >= 0.3 is 0 Å². The van der Waals surface area contributed by atoms with Crippen LogP contribution in [0.15, 0.2) is 47.4 Å². The zero-order chi connectivity index (χ0) is 18.3. The van der Waals surface area contributed by atoms with Gasteiger partial charge in [-0.3, -0.25) is 4.55 Å². The number of para-hydroxylation sites is 2. The highest BCUT2D eigenvalue weighted by atomic mass is 32.2. The maximum Gasteiger partial charge on any atom is 0.298 e. The first-order valence-corrected chi connectivity index (χ1v) is 9.92. The average Bonchev–Trinajstić information content (AvgIpc) is 2.57. The molecule has 0 aliphatic carbocycles. The van der Waals surface area contributed by atoms with E-state index >= 15 is 0 Å². The average molecular weight is 364 g/mol. The first-order chi connectivity index (χ1) is 11.9. The molecule has 2 rings (SSSR count). The van der Waals surface area contributed by atoms with Crippen molar-refractivity contribution in [2.24, 2.45) is 0 Å². The lowest BCUT2D eigenvalue weighted by molar-refractivity contribution is 0.402. The normalized spacial score (nSPS) is 11.4. The van der Waals surface area contributed by atoms with Gasteiger partial charge in [0.1, 0.15) is 10.6 Å². The van der Waals surface area contributed by atoms with Crippen LogP contribution in [0, 0.1) is 0 Å². The van der Waals surface area contributed by atoms with Crippen LogP contribution >= 0.6 is 0 Å². The molecule has 0 aromatic heterocycles. The van der Waals surface area contributed by atoms with Crippen LogP contribution in [0.3, 0.4) is 0 Å². The molecule has 0 unspecified atom stereocenters. The van der Waals surface area contributed by atoms with Gasteiger partial charge in [0.25, 0.3) is 10.1 Å². The molecule has 136 valence electrons. The zero-order valence-electron chi connectivity index (χ0n) is 14.3. The lowest BCUT2D eigenvalue weighted by Gasteiger charge is -2.12. The Labute approximate surface area is 149 Å². The molecule has 0 aliphatic heterocycles. The molecule has 2 N–H and O–H groups in total. The van der Waals surface area contributed by atoms with Gasteiger partial charge in [0.15, 0.2) is 11.5 Å². The first-order valence-electron chi connectivity index (χ1n) is 8.48. The second-order valence-electron chi connectivity index (χ2n) is 5.99. The van der Waals surface area contributed by atoms with Crippen molar-refractivity contribution >= 4 is 10.1 Å². The molecule has 0 saturated carbocycles. The predicted molar refractivity (Wildman–Crippen MR) is 96.9 cm³/mol. The van der Waals surface area contributed by atoms with Crippen LogP contribution in [-0.4, -0.2) is 18.1 Å². The van der Waals surface area contributed by atoms with E-state index in [1.165, 1.54) is 37.1 Å². The van der Waals surface area contributed by atoms with E-state index in [2.05, 4.69) is 6.92 Å². The smallest absolute Gasteiger partial charge is 0.298 e. The van der Waals surface area contributed by atoms with E-state index < -0.39 is 10.1 Å². The van der Waals surface area contributed by atoms with Crippen molar-refractivity contribution in [1.82, 2.24) is 0 Å². The van der Waals surface area contributed by atoms with E-state index in [9.17, 15) is 18.1 Å². The molecule has 0 amide bonds. The third-order valence-electron chi connectivity index (χ3n) is 3.94. The molecule has 0 saturated heterocycles. The van der Waals surface area contributed by atoms with Gasteiger partial charge in [-0.1, -0.05) is 50.8 Å². The maximum atomic E-state index is 11.7. The highest BCUT2D eigenvalue weighted by Crippen LogP contribution is 2.34. The third kappa shape index (κ3) is 5.76. The summed E-state index contributed by atoms with van der Waals surface area (Å²) < 4.78 is 38.4. The molecule has 0 atom stereocenters. The Balaban J connectivity index is 2.19. The number of rotatable bonds is 9. The summed E-state index contributed by atoms with van der Waals surface area (Å²) in [6, 6.07) is 11.0. The lowest BCUT2D eigenvalue weighted by atomic mass is 10.1. The minimum atomic E-state index is -4.43. The summed E-state index contributed by atoms with van der Waals surface area (Å²) in [5.74, 6) is 0.00207. The monoisotopic (exact) mass is 364 g/mol. The molecular weight excluding hydrogens is 340 g/mol. The van der Waals surface area contributed by atoms with Gasteiger partial charge in [0, 0.05) is 0 Å². The van der Waals surface area contributed by atoms with Gasteiger partial charge in [0.05, 0.1) is 0 Å². The van der Waals surface area contributed by atoms with Gasteiger partial charge in [-0.15, -0.1) is 0 Å². The van der Waals surface area contributed by atoms with Crippen LogP contribution in [0.2, 0.25) is 0 Å². The van der Waals surface area contributed by atoms with Crippen LogP contribution in [0.5, 0.6) is 17.2 Å². The minimum Gasteiger partial charge on any atom is -0.504 e. The first kappa shape index (κ1) is 19.3. The summed E-state index contributed by atoms with van der Waals surface area (Å²) in [5.41, 5.74) is 0.828. The van der Waals surface area contributed by atoms with Gasteiger partial charge < -0.3 is 9.84 Å². The SMILES string of the molecule is CCCCCCCc1ccc(Oc2ccccc2O)c(S(=O)(=O)O)c1. The molecule has 0 radical (unpaired) electrons. The van der Waals surface area contributed by atoms with Gasteiger partial charge in [-0.05, 0) is 42.7 Å². The molecule has 25 heavy (non-hydrogen) atoms. The topological polar surface area (TPSA) is 83.8 Å². The molecule has 2 aromatic rings. The van der Waals surface area contributed by atoms with E-state index in [1.54, 1.807) is 18.2 Å². The number of ether oxygens (including phenoxy) is 1. The molecule has 6 heteroatoms. The Hall–Kier alpha value is -2.05. The van der Waals surface area contributed by atoms with Crippen molar-refractivity contribution in [3.63, 3.8) is 0 Å². The van der Waals surface area contributed by atoms with Gasteiger partial charge in [-0.2, -0.15) is 8.42 Å². The van der Waals surface area contributed by atoms with Crippen molar-refractivity contribution in [3.05, 3.63) is 48.0 Å². The summed E-state index contributed by atoms with van der Waals surface area (Å²) in [7, 11) is -4.43. The standard InChI is InChI=1S/C19H24O5S/c1-2-3-4-5-6-9-15-12-13-18(19(14-15)25(21,22)23)24-17-11-8-7-10-16(17)20/h7-8,10-14,20H,2-6,9H2,1H3,(H,21,22,23). The second kappa shape index (κ2) is 8.87. The molecule has 2 aromatic carbocycles. The van der Waals surface area contributed by atoms with Crippen LogP contribution < -0.4 is 4.74 Å². The van der Waals surface area contributed by atoms with Crippen molar-refractivity contribution < 1.29 is 22.8 Å².